The number of anilines is 1. The highest BCUT2D eigenvalue weighted by molar-refractivity contribution is 6.09. The number of benzene rings is 2. The SMILES string of the molecule is COc1cccc(NC(=O)/C(C#N)=C/c2cc3cccc(OC)c3o2)c1. The lowest BCUT2D eigenvalue weighted by molar-refractivity contribution is -0.112. The number of amides is 1. The predicted octanol–water partition coefficient (Wildman–Crippen LogP) is 4.00. The Hall–Kier alpha value is -3.72. The van der Waals surface area contributed by atoms with Gasteiger partial charge in [-0.05, 0) is 24.3 Å². The molecule has 130 valence electrons. The summed E-state index contributed by atoms with van der Waals surface area (Å²) in [5.41, 5.74) is 1.01. The fourth-order valence-corrected chi connectivity index (χ4v) is 2.48. The van der Waals surface area contributed by atoms with E-state index in [4.69, 9.17) is 13.9 Å². The van der Waals surface area contributed by atoms with Crippen molar-refractivity contribution in [2.24, 2.45) is 0 Å². The van der Waals surface area contributed by atoms with Gasteiger partial charge in [0.2, 0.25) is 0 Å². The molecule has 0 bridgehead atoms. The zero-order chi connectivity index (χ0) is 18.5. The highest BCUT2D eigenvalue weighted by atomic mass is 16.5. The van der Waals surface area contributed by atoms with E-state index in [-0.39, 0.29) is 5.57 Å². The minimum Gasteiger partial charge on any atom is -0.497 e. The lowest BCUT2D eigenvalue weighted by Gasteiger charge is -2.06. The quantitative estimate of drug-likeness (QED) is 0.556. The Balaban J connectivity index is 1.88. The van der Waals surface area contributed by atoms with Crippen LogP contribution in [0.4, 0.5) is 5.69 Å². The molecule has 0 radical (unpaired) electrons. The first-order chi connectivity index (χ1) is 12.6. The van der Waals surface area contributed by atoms with Crippen molar-refractivity contribution in [1.82, 2.24) is 0 Å². The standard InChI is InChI=1S/C20H16N2O4/c1-24-16-7-4-6-15(11-16)22-20(23)14(12-21)10-17-9-13-5-3-8-18(25-2)19(13)26-17/h3-11H,1-2H3,(H,22,23)/b14-10+. The van der Waals surface area contributed by atoms with Crippen LogP contribution in [0.2, 0.25) is 0 Å². The molecule has 1 N–H and O–H groups in total. The van der Waals surface area contributed by atoms with Gasteiger partial charge in [0.15, 0.2) is 11.3 Å². The highest BCUT2D eigenvalue weighted by Gasteiger charge is 2.13. The molecule has 0 aliphatic carbocycles. The van der Waals surface area contributed by atoms with Crippen molar-refractivity contribution in [2.75, 3.05) is 19.5 Å². The van der Waals surface area contributed by atoms with Crippen molar-refractivity contribution in [3.8, 4) is 17.6 Å². The predicted molar refractivity (Wildman–Crippen MR) is 98.0 cm³/mol. The van der Waals surface area contributed by atoms with Crippen molar-refractivity contribution in [3.63, 3.8) is 0 Å². The molecule has 6 nitrogen and oxygen atoms in total. The molecule has 0 atom stereocenters. The van der Waals surface area contributed by atoms with Crippen LogP contribution in [0.5, 0.6) is 11.5 Å². The van der Waals surface area contributed by atoms with E-state index < -0.39 is 5.91 Å². The van der Waals surface area contributed by atoms with Crippen LogP contribution in [-0.2, 0) is 4.79 Å². The van der Waals surface area contributed by atoms with Gasteiger partial charge in [0.25, 0.3) is 5.91 Å². The normalized spacial score (nSPS) is 11.0. The van der Waals surface area contributed by atoms with Crippen molar-refractivity contribution >= 4 is 28.6 Å². The zero-order valence-electron chi connectivity index (χ0n) is 14.3. The van der Waals surface area contributed by atoms with Crippen molar-refractivity contribution < 1.29 is 18.7 Å². The number of nitrogens with one attached hydrogen (secondary N) is 1. The van der Waals surface area contributed by atoms with Gasteiger partial charge in [-0.15, -0.1) is 0 Å². The largest absolute Gasteiger partial charge is 0.497 e. The third-order valence-corrected chi connectivity index (χ3v) is 3.73. The summed E-state index contributed by atoms with van der Waals surface area (Å²) in [5.74, 6) is 1.05. The van der Waals surface area contributed by atoms with E-state index in [0.29, 0.717) is 28.5 Å². The average molecular weight is 348 g/mol. The van der Waals surface area contributed by atoms with Crippen molar-refractivity contribution in [2.45, 2.75) is 0 Å². The summed E-state index contributed by atoms with van der Waals surface area (Å²) in [6.07, 6.45) is 1.40. The molecule has 1 aromatic heterocycles. The fraction of sp³-hybridized carbons (Fsp3) is 0.100. The lowest BCUT2D eigenvalue weighted by Crippen LogP contribution is -2.13. The van der Waals surface area contributed by atoms with E-state index in [0.717, 1.165) is 5.39 Å². The van der Waals surface area contributed by atoms with Crippen molar-refractivity contribution in [1.29, 1.82) is 5.26 Å². The number of carbonyl (C=O) groups is 1. The number of nitrogens with zero attached hydrogens (tertiary/aromatic N) is 1. The molecule has 0 saturated carbocycles. The maximum absolute atomic E-state index is 12.4. The molecular formula is C20H16N2O4. The number of nitriles is 1. The Morgan fingerprint density at radius 1 is 1.15 bits per heavy atom. The Labute approximate surface area is 150 Å². The molecule has 0 aliphatic heterocycles. The summed E-state index contributed by atoms with van der Waals surface area (Å²) >= 11 is 0. The lowest BCUT2D eigenvalue weighted by atomic mass is 10.2. The summed E-state index contributed by atoms with van der Waals surface area (Å²) in [6, 6.07) is 16.0. The fourth-order valence-electron chi connectivity index (χ4n) is 2.48. The molecular weight excluding hydrogens is 332 g/mol. The van der Waals surface area contributed by atoms with Gasteiger partial charge in [-0.1, -0.05) is 18.2 Å². The van der Waals surface area contributed by atoms with Gasteiger partial charge in [0.05, 0.1) is 14.2 Å². The Kier molecular flexibility index (Phi) is 4.90. The van der Waals surface area contributed by atoms with Crippen LogP contribution in [0.15, 0.2) is 58.5 Å². The van der Waals surface area contributed by atoms with Crippen LogP contribution in [-0.4, -0.2) is 20.1 Å². The van der Waals surface area contributed by atoms with E-state index >= 15 is 0 Å². The topological polar surface area (TPSA) is 84.5 Å². The average Bonchev–Trinajstić information content (AvgIpc) is 3.08. The minimum absolute atomic E-state index is 0.0779. The second kappa shape index (κ2) is 7.45. The molecule has 0 unspecified atom stereocenters. The van der Waals surface area contributed by atoms with Crippen LogP contribution in [0.25, 0.3) is 17.0 Å². The molecule has 1 heterocycles. The molecule has 6 heteroatoms. The minimum atomic E-state index is -0.534. The van der Waals surface area contributed by atoms with Gasteiger partial charge in [0.1, 0.15) is 23.2 Å². The first kappa shape index (κ1) is 17.1. The maximum atomic E-state index is 12.4. The summed E-state index contributed by atoms with van der Waals surface area (Å²) in [5, 5.41) is 12.8. The molecule has 26 heavy (non-hydrogen) atoms. The van der Waals surface area contributed by atoms with Crippen LogP contribution in [0.1, 0.15) is 5.76 Å². The Bertz CT molecular complexity index is 1030. The molecule has 0 spiro atoms. The summed E-state index contributed by atoms with van der Waals surface area (Å²) < 4.78 is 16.1. The van der Waals surface area contributed by atoms with Crippen LogP contribution in [0.3, 0.4) is 0 Å². The third kappa shape index (κ3) is 3.52. The Morgan fingerprint density at radius 2 is 1.96 bits per heavy atom. The molecule has 0 fully saturated rings. The van der Waals surface area contributed by atoms with Gasteiger partial charge >= 0.3 is 0 Å². The molecule has 0 saturated heterocycles. The summed E-state index contributed by atoms with van der Waals surface area (Å²) in [7, 11) is 3.09. The molecule has 2 aromatic carbocycles. The summed E-state index contributed by atoms with van der Waals surface area (Å²) in [6.45, 7) is 0. The summed E-state index contributed by atoms with van der Waals surface area (Å²) in [4.78, 5) is 12.4. The third-order valence-electron chi connectivity index (χ3n) is 3.73. The van der Waals surface area contributed by atoms with E-state index in [2.05, 4.69) is 5.32 Å². The monoisotopic (exact) mass is 348 g/mol. The maximum Gasteiger partial charge on any atom is 0.266 e. The van der Waals surface area contributed by atoms with Gasteiger partial charge in [0, 0.05) is 23.2 Å². The van der Waals surface area contributed by atoms with Crippen LogP contribution < -0.4 is 14.8 Å². The van der Waals surface area contributed by atoms with Gasteiger partial charge < -0.3 is 19.2 Å². The Morgan fingerprint density at radius 3 is 2.69 bits per heavy atom. The highest BCUT2D eigenvalue weighted by Crippen LogP contribution is 2.29. The van der Waals surface area contributed by atoms with Gasteiger partial charge in [-0.2, -0.15) is 5.26 Å². The van der Waals surface area contributed by atoms with Gasteiger partial charge in [-0.25, -0.2) is 0 Å². The second-order valence-corrected chi connectivity index (χ2v) is 5.38. The number of hydrogen-bond donors (Lipinski definition) is 1. The first-order valence-electron chi connectivity index (χ1n) is 7.78. The van der Waals surface area contributed by atoms with E-state index in [1.54, 1.807) is 43.5 Å². The molecule has 0 aliphatic rings. The zero-order valence-corrected chi connectivity index (χ0v) is 14.3. The number of furan rings is 1. The molecule has 3 aromatic rings. The number of carbonyl (C=O) groups excluding carboxylic acids is 1. The molecule has 3 rings (SSSR count). The van der Waals surface area contributed by atoms with Crippen LogP contribution in [0, 0.1) is 11.3 Å². The van der Waals surface area contributed by atoms with E-state index in [9.17, 15) is 10.1 Å². The second-order valence-electron chi connectivity index (χ2n) is 5.38. The number of para-hydroxylation sites is 1. The number of methoxy groups -OCH3 is 2. The number of rotatable bonds is 5. The van der Waals surface area contributed by atoms with E-state index in [1.807, 2.05) is 18.2 Å². The number of hydrogen-bond acceptors (Lipinski definition) is 5. The first-order valence-corrected chi connectivity index (χ1v) is 7.78. The van der Waals surface area contributed by atoms with Crippen LogP contribution >= 0.6 is 0 Å². The molecule has 1 amide bonds. The number of fused-ring (bicyclic) bond motifs is 1. The smallest absolute Gasteiger partial charge is 0.266 e. The van der Waals surface area contributed by atoms with E-state index in [1.165, 1.54) is 13.2 Å². The van der Waals surface area contributed by atoms with Crippen molar-refractivity contribution in [3.05, 3.63) is 59.9 Å². The number of ether oxygens (including phenoxy) is 2. The van der Waals surface area contributed by atoms with Gasteiger partial charge in [-0.3, -0.25) is 4.79 Å².